The van der Waals surface area contributed by atoms with Crippen molar-refractivity contribution in [1.29, 1.82) is 0 Å². The van der Waals surface area contributed by atoms with Crippen molar-refractivity contribution in [3.63, 3.8) is 0 Å². The maximum absolute atomic E-state index is 12.4. The maximum atomic E-state index is 12.4. The number of esters is 2. The van der Waals surface area contributed by atoms with Crippen LogP contribution in [0.4, 0.5) is 0 Å². The number of allylic oxidation sites excluding steroid dienone is 4. The summed E-state index contributed by atoms with van der Waals surface area (Å²) in [6.45, 7) is 5.84. The van der Waals surface area contributed by atoms with Gasteiger partial charge < -0.3 is 19.3 Å². The molecule has 1 atom stereocenters. The highest BCUT2D eigenvalue weighted by Crippen LogP contribution is 2.36. The van der Waals surface area contributed by atoms with E-state index in [2.05, 4.69) is 31.4 Å². The Morgan fingerprint density at radius 2 is 1.17 bits per heavy atom. The summed E-state index contributed by atoms with van der Waals surface area (Å²) in [7, 11) is -4.77. The second kappa shape index (κ2) is 32.4. The van der Waals surface area contributed by atoms with Gasteiger partial charge in [-0.15, -0.1) is 0 Å². The standard InChI is InChI=1S/C38H69O9P/c1-4-5-6-7-13-18-23-28-35(39)29-24-19-16-21-25-30-37(40)45-32-36(33-46-48(42,43)44)47-38(41)31-26-20-15-12-10-8-9-11-14-17-22-27-34(2)3/h13,18,23,28,34,36H,4-12,14-17,19-22,24-27,29-33H2,1-3H3,(H2,42,43,44)/b18-13-,28-23+/t36-/m1/s1. The van der Waals surface area contributed by atoms with Crippen LogP contribution in [0.5, 0.6) is 0 Å². The Hall–Kier alpha value is -1.80. The topological polar surface area (TPSA) is 136 Å². The normalized spacial score (nSPS) is 12.7. The molecule has 0 radical (unpaired) electrons. The number of carbonyl (C=O) groups is 3. The van der Waals surface area contributed by atoms with Gasteiger partial charge in [-0.05, 0) is 44.1 Å². The minimum Gasteiger partial charge on any atom is -0.462 e. The number of rotatable bonds is 34. The van der Waals surface area contributed by atoms with Gasteiger partial charge in [0.05, 0.1) is 6.61 Å². The number of ether oxygens (including phenoxy) is 2. The molecule has 10 heteroatoms. The molecule has 0 saturated carbocycles. The molecule has 280 valence electrons. The first-order valence-electron chi connectivity index (χ1n) is 18.9. The maximum Gasteiger partial charge on any atom is 0.469 e. The third-order valence-electron chi connectivity index (χ3n) is 8.13. The summed E-state index contributed by atoms with van der Waals surface area (Å²) in [5.41, 5.74) is 0. The molecule has 9 nitrogen and oxygen atoms in total. The second-order valence-electron chi connectivity index (χ2n) is 13.4. The molecule has 48 heavy (non-hydrogen) atoms. The Labute approximate surface area is 292 Å². The summed E-state index contributed by atoms with van der Waals surface area (Å²) in [6, 6.07) is 0. The molecule has 0 aliphatic heterocycles. The molecule has 0 bridgehead atoms. The monoisotopic (exact) mass is 700 g/mol. The van der Waals surface area contributed by atoms with Crippen molar-refractivity contribution in [2.45, 2.75) is 181 Å². The molecule has 0 aliphatic rings. The van der Waals surface area contributed by atoms with E-state index in [1.807, 2.05) is 12.2 Å². The van der Waals surface area contributed by atoms with Crippen molar-refractivity contribution >= 4 is 25.5 Å². The van der Waals surface area contributed by atoms with Crippen LogP contribution in [0, 0.1) is 5.92 Å². The van der Waals surface area contributed by atoms with Gasteiger partial charge in [-0.3, -0.25) is 18.9 Å². The molecule has 0 aromatic rings. The Morgan fingerprint density at radius 1 is 0.646 bits per heavy atom. The van der Waals surface area contributed by atoms with Crippen molar-refractivity contribution in [3.8, 4) is 0 Å². The van der Waals surface area contributed by atoms with E-state index in [4.69, 9.17) is 19.3 Å². The fourth-order valence-electron chi connectivity index (χ4n) is 5.24. The van der Waals surface area contributed by atoms with Crippen molar-refractivity contribution in [1.82, 2.24) is 0 Å². The van der Waals surface area contributed by atoms with Gasteiger partial charge in [0.2, 0.25) is 0 Å². The number of hydrogen-bond donors (Lipinski definition) is 2. The van der Waals surface area contributed by atoms with Crippen LogP contribution in [0.25, 0.3) is 0 Å². The van der Waals surface area contributed by atoms with E-state index in [1.165, 1.54) is 70.6 Å². The third kappa shape index (κ3) is 35.5. The first-order valence-corrected chi connectivity index (χ1v) is 20.5. The predicted octanol–water partition coefficient (Wildman–Crippen LogP) is 10.3. The van der Waals surface area contributed by atoms with E-state index in [-0.39, 0.29) is 25.2 Å². The number of ketones is 1. The van der Waals surface area contributed by atoms with Crippen molar-refractivity contribution in [2.75, 3.05) is 13.2 Å². The number of unbranched alkanes of at least 4 members (excludes halogenated alkanes) is 17. The third-order valence-corrected chi connectivity index (χ3v) is 8.61. The Bertz CT molecular complexity index is 910. The van der Waals surface area contributed by atoms with E-state index in [0.717, 1.165) is 57.3 Å². The van der Waals surface area contributed by atoms with Crippen LogP contribution in [0.15, 0.2) is 24.3 Å². The van der Waals surface area contributed by atoms with Gasteiger partial charge in [0.25, 0.3) is 0 Å². The van der Waals surface area contributed by atoms with E-state index in [1.54, 1.807) is 6.08 Å². The summed E-state index contributed by atoms with van der Waals surface area (Å²) in [6.07, 6.45) is 30.1. The van der Waals surface area contributed by atoms with Gasteiger partial charge in [-0.25, -0.2) is 4.57 Å². The molecule has 0 aliphatic carbocycles. The molecule has 0 aromatic heterocycles. The van der Waals surface area contributed by atoms with Gasteiger partial charge in [0.1, 0.15) is 6.61 Å². The molecule has 0 unspecified atom stereocenters. The summed E-state index contributed by atoms with van der Waals surface area (Å²) in [5, 5.41) is 0. The molecular formula is C38H69O9P. The van der Waals surface area contributed by atoms with Gasteiger partial charge in [0.15, 0.2) is 11.9 Å². The van der Waals surface area contributed by atoms with Gasteiger partial charge >= 0.3 is 19.8 Å². The average Bonchev–Trinajstić information content (AvgIpc) is 3.03. The number of carbonyl (C=O) groups excluding carboxylic acids is 3. The number of hydrogen-bond acceptors (Lipinski definition) is 7. The van der Waals surface area contributed by atoms with E-state index in [9.17, 15) is 18.9 Å². The predicted molar refractivity (Wildman–Crippen MR) is 193 cm³/mol. The molecule has 0 amide bonds. The summed E-state index contributed by atoms with van der Waals surface area (Å²) < 4.78 is 26.2. The quantitative estimate of drug-likeness (QED) is 0.0221. The second-order valence-corrected chi connectivity index (χ2v) is 14.7. The zero-order valence-corrected chi connectivity index (χ0v) is 31.4. The van der Waals surface area contributed by atoms with E-state index < -0.39 is 32.5 Å². The van der Waals surface area contributed by atoms with Crippen molar-refractivity contribution in [3.05, 3.63) is 24.3 Å². The minimum absolute atomic E-state index is 0.119. The first kappa shape index (κ1) is 46.2. The van der Waals surface area contributed by atoms with Crippen LogP contribution < -0.4 is 0 Å². The number of phosphoric acid groups is 1. The first-order chi connectivity index (χ1) is 23.0. The van der Waals surface area contributed by atoms with Gasteiger partial charge in [0, 0.05) is 19.3 Å². The van der Waals surface area contributed by atoms with Crippen LogP contribution in [0.3, 0.4) is 0 Å². The highest BCUT2D eigenvalue weighted by molar-refractivity contribution is 7.46. The Balaban J connectivity index is 4.05. The van der Waals surface area contributed by atoms with Crippen LogP contribution in [0.1, 0.15) is 175 Å². The van der Waals surface area contributed by atoms with Crippen LogP contribution in [-0.4, -0.2) is 46.8 Å². The molecule has 0 rings (SSSR count). The average molecular weight is 701 g/mol. The van der Waals surface area contributed by atoms with Crippen LogP contribution in [-0.2, 0) is 32.9 Å². The molecule has 0 aromatic carbocycles. The van der Waals surface area contributed by atoms with E-state index in [0.29, 0.717) is 19.3 Å². The van der Waals surface area contributed by atoms with Crippen LogP contribution in [0.2, 0.25) is 0 Å². The largest absolute Gasteiger partial charge is 0.469 e. The number of phosphoric ester groups is 1. The minimum atomic E-state index is -4.77. The lowest BCUT2D eigenvalue weighted by Gasteiger charge is -2.18. The lowest BCUT2D eigenvalue weighted by molar-refractivity contribution is -0.161. The van der Waals surface area contributed by atoms with Gasteiger partial charge in [-0.1, -0.05) is 142 Å². The SMILES string of the molecule is CCCCC/C=C\C=C\C(=O)CCCCCCCC(=O)OC[C@H](COP(=O)(O)O)OC(=O)CCCCCCCCCCCCCC(C)C. The van der Waals surface area contributed by atoms with Gasteiger partial charge in [-0.2, -0.15) is 0 Å². The highest BCUT2D eigenvalue weighted by Gasteiger charge is 2.22. The molecule has 0 heterocycles. The summed E-state index contributed by atoms with van der Waals surface area (Å²) >= 11 is 0. The van der Waals surface area contributed by atoms with Crippen molar-refractivity contribution < 1.29 is 42.7 Å². The smallest absolute Gasteiger partial charge is 0.462 e. The Morgan fingerprint density at radius 3 is 1.71 bits per heavy atom. The van der Waals surface area contributed by atoms with Crippen LogP contribution >= 0.6 is 7.82 Å². The molecule has 0 spiro atoms. The molecular weight excluding hydrogens is 631 g/mol. The molecule has 2 N–H and O–H groups in total. The highest BCUT2D eigenvalue weighted by atomic mass is 31.2. The Kier molecular flexibility index (Phi) is 31.2. The molecule has 0 saturated heterocycles. The van der Waals surface area contributed by atoms with E-state index >= 15 is 0 Å². The summed E-state index contributed by atoms with van der Waals surface area (Å²) in [4.78, 5) is 54.6. The summed E-state index contributed by atoms with van der Waals surface area (Å²) in [5.74, 6) is -0.0562. The zero-order chi connectivity index (χ0) is 35.7. The lowest BCUT2D eigenvalue weighted by atomic mass is 10.0. The van der Waals surface area contributed by atoms with Crippen molar-refractivity contribution in [2.24, 2.45) is 5.92 Å². The fraction of sp³-hybridized carbons (Fsp3) is 0.816. The fourth-order valence-corrected chi connectivity index (χ4v) is 5.60. The lowest BCUT2D eigenvalue weighted by Crippen LogP contribution is -2.29. The molecule has 0 fully saturated rings. The zero-order valence-electron chi connectivity index (χ0n) is 30.5.